The summed E-state index contributed by atoms with van der Waals surface area (Å²) >= 11 is 0. The van der Waals surface area contributed by atoms with Gasteiger partial charge in [0.1, 0.15) is 28.6 Å². The quantitative estimate of drug-likeness (QED) is 0.625. The van der Waals surface area contributed by atoms with Crippen LogP contribution >= 0.6 is 0 Å². The summed E-state index contributed by atoms with van der Waals surface area (Å²) < 4.78 is 32.7. The number of H-pyrrole nitrogens is 1. The lowest BCUT2D eigenvalue weighted by Crippen LogP contribution is -2.55. The van der Waals surface area contributed by atoms with E-state index in [1.165, 1.54) is 6.07 Å². The number of halogens is 1. The van der Waals surface area contributed by atoms with Gasteiger partial charge in [0.25, 0.3) is 0 Å². The van der Waals surface area contributed by atoms with Crippen LogP contribution in [0.2, 0.25) is 0 Å². The summed E-state index contributed by atoms with van der Waals surface area (Å²) in [5.74, 6) is 4.34. The van der Waals surface area contributed by atoms with Crippen molar-refractivity contribution in [2.24, 2.45) is 10.7 Å². The number of hydrogen-bond donors (Lipinski definition) is 2. The summed E-state index contributed by atoms with van der Waals surface area (Å²) in [7, 11) is -1.07. The van der Waals surface area contributed by atoms with Crippen LogP contribution in [0.15, 0.2) is 41.4 Å². The number of fused-ring (bicyclic) bond motifs is 1. The summed E-state index contributed by atoms with van der Waals surface area (Å²) in [5.41, 5.74) is 7.15. The Hall–Kier alpha value is -2.87. The minimum Gasteiger partial charge on any atom is -0.495 e. The third-order valence-electron chi connectivity index (χ3n) is 5.90. The van der Waals surface area contributed by atoms with Gasteiger partial charge in [0.05, 0.1) is 28.8 Å². The molecule has 0 saturated carbocycles. The summed E-state index contributed by atoms with van der Waals surface area (Å²) in [6.45, 7) is 5.20. The third-order valence-corrected chi connectivity index (χ3v) is 9.00. The number of aromatic nitrogens is 2. The van der Waals surface area contributed by atoms with Crippen LogP contribution < -0.4 is 10.5 Å². The van der Waals surface area contributed by atoms with Crippen LogP contribution in [0.3, 0.4) is 0 Å². The Morgan fingerprint density at radius 3 is 2.67 bits per heavy atom. The van der Waals surface area contributed by atoms with Gasteiger partial charge in [-0.05, 0) is 60.4 Å². The van der Waals surface area contributed by atoms with Gasteiger partial charge in [-0.2, -0.15) is 0 Å². The van der Waals surface area contributed by atoms with Gasteiger partial charge in [-0.1, -0.05) is 12.1 Å². The Bertz CT molecular complexity index is 1290. The molecule has 1 aliphatic heterocycles. The third kappa shape index (κ3) is 2.98. The number of nitrogens with one attached hydrogen (secondary N) is 1. The maximum absolute atomic E-state index is 14.9. The molecule has 0 spiro atoms. The van der Waals surface area contributed by atoms with Crippen molar-refractivity contribution < 1.29 is 13.3 Å². The topological polar surface area (TPSA) is 93.4 Å². The highest BCUT2D eigenvalue weighted by molar-refractivity contribution is 8.02. The largest absolute Gasteiger partial charge is 0.495 e. The fourth-order valence-electron chi connectivity index (χ4n) is 3.79. The van der Waals surface area contributed by atoms with Gasteiger partial charge in [-0.15, -0.1) is 0 Å². The van der Waals surface area contributed by atoms with E-state index in [1.54, 1.807) is 33.9 Å². The lowest BCUT2D eigenvalue weighted by molar-refractivity contribution is 0.419. The summed E-state index contributed by atoms with van der Waals surface area (Å²) in [4.78, 5) is 12.4. The number of aliphatic imine (C=N–C) groups is 1. The average molecular weight is 429 g/mol. The first kappa shape index (κ1) is 20.4. The molecule has 4 rings (SSSR count). The van der Waals surface area contributed by atoms with Crippen molar-refractivity contribution in [1.29, 1.82) is 0 Å². The Morgan fingerprint density at radius 2 is 2.00 bits per heavy atom. The fraction of sp³-hybridized carbons (Fsp3) is 0.318. The van der Waals surface area contributed by atoms with Crippen molar-refractivity contribution in [2.75, 3.05) is 12.9 Å². The maximum atomic E-state index is 14.9. The molecule has 0 bridgehead atoms. The molecule has 0 amide bonds. The van der Waals surface area contributed by atoms with E-state index in [2.05, 4.69) is 20.8 Å². The Morgan fingerprint density at radius 1 is 1.27 bits per heavy atom. The molecule has 2 aromatic heterocycles. The zero-order valence-electron chi connectivity index (χ0n) is 17.5. The molecule has 1 aromatic carbocycles. The first-order valence-electron chi connectivity index (χ1n) is 9.52. The number of rotatable bonds is 3. The van der Waals surface area contributed by atoms with Gasteiger partial charge in [-0.25, -0.2) is 9.37 Å². The number of hydrogen-bond acceptors (Lipinski definition) is 5. The SMILES string of the molecule is C=S1(=O)C[C@@](C)(c2nc(-c3cc4cccc(OC)c4[nH]3)ccc2F)N=C(N)C1(C)C. The van der Waals surface area contributed by atoms with Gasteiger partial charge in [0.15, 0.2) is 0 Å². The molecule has 158 valence electrons. The van der Waals surface area contributed by atoms with E-state index in [0.717, 1.165) is 10.9 Å². The predicted octanol–water partition coefficient (Wildman–Crippen LogP) is 3.46. The van der Waals surface area contributed by atoms with Crippen molar-refractivity contribution in [3.63, 3.8) is 0 Å². The number of aromatic amines is 1. The van der Waals surface area contributed by atoms with Crippen molar-refractivity contribution in [3.05, 3.63) is 47.9 Å². The molecular weight excluding hydrogens is 403 g/mol. The fourth-order valence-corrected chi connectivity index (χ4v) is 5.68. The minimum absolute atomic E-state index is 0.0571. The Balaban J connectivity index is 1.87. The van der Waals surface area contributed by atoms with E-state index in [9.17, 15) is 8.60 Å². The van der Waals surface area contributed by atoms with Crippen LogP contribution in [0.5, 0.6) is 5.75 Å². The van der Waals surface area contributed by atoms with Crippen molar-refractivity contribution in [2.45, 2.75) is 31.1 Å². The number of amidine groups is 1. The molecule has 0 fully saturated rings. The van der Waals surface area contributed by atoms with Gasteiger partial charge < -0.3 is 15.5 Å². The summed E-state index contributed by atoms with van der Waals surface area (Å²) in [6, 6.07) is 10.6. The van der Waals surface area contributed by atoms with Crippen molar-refractivity contribution in [1.82, 2.24) is 9.97 Å². The Kier molecular flexibility index (Phi) is 4.47. The monoisotopic (exact) mass is 428 g/mol. The number of nitrogens with two attached hydrogens (primary N) is 1. The molecule has 3 N–H and O–H groups in total. The zero-order valence-corrected chi connectivity index (χ0v) is 18.3. The number of methoxy groups -OCH3 is 1. The van der Waals surface area contributed by atoms with Gasteiger partial charge in [-0.3, -0.25) is 9.20 Å². The maximum Gasteiger partial charge on any atom is 0.147 e. The summed E-state index contributed by atoms with van der Waals surface area (Å²) in [5, 5.41) is 0.950. The van der Waals surface area contributed by atoms with Crippen LogP contribution in [0.1, 0.15) is 26.5 Å². The molecule has 2 atom stereocenters. The van der Waals surface area contributed by atoms with Crippen LogP contribution in [0.25, 0.3) is 22.3 Å². The average Bonchev–Trinajstić information content (AvgIpc) is 3.10. The molecular formula is C22H25FN4O2S. The highest BCUT2D eigenvalue weighted by Gasteiger charge is 2.46. The molecule has 3 aromatic rings. The number of para-hydroxylation sites is 1. The number of ether oxygens (including phenoxy) is 1. The molecule has 1 unspecified atom stereocenters. The number of nitrogens with zero attached hydrogens (tertiary/aromatic N) is 2. The molecule has 0 saturated heterocycles. The second-order valence-electron chi connectivity index (χ2n) is 8.37. The van der Waals surface area contributed by atoms with Gasteiger partial charge >= 0.3 is 0 Å². The van der Waals surface area contributed by atoms with E-state index < -0.39 is 25.6 Å². The van der Waals surface area contributed by atoms with Crippen LogP contribution in [0.4, 0.5) is 4.39 Å². The normalized spacial score (nSPS) is 25.8. The lowest BCUT2D eigenvalue weighted by Gasteiger charge is -2.40. The number of benzene rings is 1. The molecule has 0 radical (unpaired) electrons. The van der Waals surface area contributed by atoms with E-state index in [0.29, 0.717) is 17.1 Å². The molecule has 0 aliphatic carbocycles. The number of pyridine rings is 1. The Labute approximate surface area is 175 Å². The highest BCUT2D eigenvalue weighted by Crippen LogP contribution is 2.38. The first-order valence-corrected chi connectivity index (χ1v) is 11.4. The molecule has 8 heteroatoms. The van der Waals surface area contributed by atoms with Crippen LogP contribution in [0, 0.1) is 5.82 Å². The molecule has 3 heterocycles. The standard InChI is InChI=1S/C22H25FN4O2S/c1-21(2)20(24)27-22(3,12-30(21,5)28)19-14(23)9-10-15(26-19)16-11-13-7-6-8-17(29-4)18(13)25-16/h6-11,25H,5,12H2,1-4H3,(H2,24,27)/t22-,30?/m0/s1. The van der Waals surface area contributed by atoms with Crippen molar-refractivity contribution in [3.8, 4) is 17.1 Å². The smallest absolute Gasteiger partial charge is 0.147 e. The molecule has 6 nitrogen and oxygen atoms in total. The molecule has 1 aliphatic rings. The van der Waals surface area contributed by atoms with Crippen LogP contribution in [-0.4, -0.2) is 43.5 Å². The first-order chi connectivity index (χ1) is 14.0. The predicted molar refractivity (Wildman–Crippen MR) is 121 cm³/mol. The van der Waals surface area contributed by atoms with E-state index >= 15 is 0 Å². The highest BCUT2D eigenvalue weighted by atomic mass is 32.2. The second kappa shape index (κ2) is 6.57. The van der Waals surface area contributed by atoms with Gasteiger partial charge in [0, 0.05) is 11.1 Å². The minimum atomic E-state index is -2.68. The zero-order chi connectivity index (χ0) is 21.9. The van der Waals surface area contributed by atoms with E-state index in [1.807, 2.05) is 24.3 Å². The molecule has 30 heavy (non-hydrogen) atoms. The lowest BCUT2D eigenvalue weighted by atomic mass is 9.98. The van der Waals surface area contributed by atoms with Gasteiger partial charge in [0.2, 0.25) is 0 Å². The summed E-state index contributed by atoms with van der Waals surface area (Å²) in [6.07, 6.45) is 0. The van der Waals surface area contributed by atoms with E-state index in [4.69, 9.17) is 10.5 Å². The second-order valence-corrected chi connectivity index (χ2v) is 11.3. The van der Waals surface area contributed by atoms with Crippen LogP contribution in [-0.2, 0) is 15.1 Å². The van der Waals surface area contributed by atoms with E-state index in [-0.39, 0.29) is 17.3 Å². The van der Waals surface area contributed by atoms with Crippen molar-refractivity contribution >= 4 is 32.1 Å².